The number of thiol groups is 1. The van der Waals surface area contributed by atoms with E-state index in [1.807, 2.05) is 0 Å². The van der Waals surface area contributed by atoms with Crippen LogP contribution in [-0.4, -0.2) is 4.20 Å². The summed E-state index contributed by atoms with van der Waals surface area (Å²) in [4.78, 5) is 0. The maximum atomic E-state index is 12.5. The molecule has 0 aliphatic rings. The molecule has 1 aromatic rings. The maximum Gasteiger partial charge on any atom is 0.417 e. The molecule has 1 rings (SSSR count). The number of hydrogen-bond acceptors (Lipinski definition) is 1. The second kappa shape index (κ2) is 4.49. The summed E-state index contributed by atoms with van der Waals surface area (Å²) in [6.07, 6.45) is -9.50. The van der Waals surface area contributed by atoms with Gasteiger partial charge in [0.25, 0.3) is 0 Å². The van der Waals surface area contributed by atoms with Crippen molar-refractivity contribution in [2.75, 3.05) is 0 Å². The average Bonchev–Trinajstić information content (AvgIpc) is 2.14. The van der Waals surface area contributed by atoms with Gasteiger partial charge < -0.3 is 0 Å². The molecule has 8 heteroatoms. The first-order valence-electron chi connectivity index (χ1n) is 4.05. The lowest BCUT2D eigenvalue weighted by atomic mass is 10.0. The molecule has 0 heterocycles. The van der Waals surface area contributed by atoms with E-state index in [1.165, 1.54) is 0 Å². The summed E-state index contributed by atoms with van der Waals surface area (Å²) in [5.41, 5.74) is -3.17. The van der Waals surface area contributed by atoms with Gasteiger partial charge in [-0.25, -0.2) is 0 Å². The van der Waals surface area contributed by atoms with Crippen LogP contribution in [0.25, 0.3) is 0 Å². The first-order valence-corrected chi connectivity index (χ1v) is 4.91. The van der Waals surface area contributed by atoms with Crippen LogP contribution < -0.4 is 0 Å². The second-order valence-corrected chi connectivity index (χ2v) is 4.22. The fourth-order valence-electron chi connectivity index (χ4n) is 1.14. The van der Waals surface area contributed by atoms with E-state index in [2.05, 4.69) is 24.8 Å². The van der Waals surface area contributed by atoms with Crippen LogP contribution in [0.2, 0.25) is 0 Å². The lowest BCUT2D eigenvalue weighted by molar-refractivity contribution is -0.141. The maximum absolute atomic E-state index is 12.5. The Morgan fingerprint density at radius 3 is 1.88 bits per heavy atom. The fourth-order valence-corrected chi connectivity index (χ4v) is 1.50. The Labute approximate surface area is 103 Å². The summed E-state index contributed by atoms with van der Waals surface area (Å²) in [6.45, 7) is 0. The topological polar surface area (TPSA) is 0 Å². The average molecular weight is 290 g/mol. The lowest BCUT2D eigenvalue weighted by Crippen LogP contribution is -2.13. The highest BCUT2D eigenvalue weighted by Gasteiger charge is 2.37. The molecule has 1 aromatic carbocycles. The monoisotopic (exact) mass is 290 g/mol. The van der Waals surface area contributed by atoms with Crippen molar-refractivity contribution in [2.24, 2.45) is 0 Å². The van der Waals surface area contributed by atoms with Gasteiger partial charge in [-0.3, -0.25) is 0 Å². The summed E-state index contributed by atoms with van der Waals surface area (Å²) >= 11 is 7.89. The molecule has 0 nitrogen and oxygen atoms in total. The zero-order valence-corrected chi connectivity index (χ0v) is 9.57. The van der Waals surface area contributed by atoms with Crippen LogP contribution in [0.3, 0.4) is 0 Å². The van der Waals surface area contributed by atoms with Gasteiger partial charge in [-0.15, -0.1) is 12.6 Å². The molecule has 0 N–H and O–H groups in total. The molecule has 0 radical (unpaired) electrons. The summed E-state index contributed by atoms with van der Waals surface area (Å²) in [5, 5.41) is 0. The van der Waals surface area contributed by atoms with E-state index < -0.39 is 33.2 Å². The largest absolute Gasteiger partial charge is 0.417 e. The van der Waals surface area contributed by atoms with Gasteiger partial charge in [-0.05, 0) is 18.2 Å². The minimum atomic E-state index is -4.77. The Morgan fingerprint density at radius 2 is 1.53 bits per heavy atom. The molecule has 17 heavy (non-hydrogen) atoms. The number of rotatable bonds is 1. The Morgan fingerprint density at radius 1 is 1.00 bits per heavy atom. The third-order valence-electron chi connectivity index (χ3n) is 1.88. The number of benzene rings is 1. The fraction of sp³-hybridized carbons (Fsp3) is 0.222. The molecule has 0 bridgehead atoms. The number of halogens is 6. The Hall–Kier alpha value is -0.760. The summed E-state index contributed by atoms with van der Waals surface area (Å²) in [5.74, 6) is 0. The molecule has 0 saturated heterocycles. The molecule has 0 amide bonds. The van der Waals surface area contributed by atoms with E-state index in [4.69, 9.17) is 0 Å². The highest BCUT2D eigenvalue weighted by molar-refractivity contribution is 8.11. The van der Waals surface area contributed by atoms with Crippen LogP contribution in [0.4, 0.5) is 26.3 Å². The molecular formula is C9H4F6S2. The van der Waals surface area contributed by atoms with Gasteiger partial charge in [0.05, 0.1) is 15.3 Å². The van der Waals surface area contributed by atoms with Crippen molar-refractivity contribution in [3.05, 3.63) is 34.9 Å². The van der Waals surface area contributed by atoms with Crippen molar-refractivity contribution >= 4 is 29.0 Å². The number of alkyl halides is 6. The SMILES string of the molecule is FC(F)(F)c1ccc(C(F)(F)F)c(C(=S)S)c1. The standard InChI is InChI=1S/C9H4F6S2/c10-8(11,12)4-1-2-6(9(13,14)15)5(3-4)7(16)17/h1-3H,(H,16,17). The van der Waals surface area contributed by atoms with Gasteiger partial charge in [-0.2, -0.15) is 26.3 Å². The van der Waals surface area contributed by atoms with E-state index >= 15 is 0 Å². The molecule has 0 fully saturated rings. The van der Waals surface area contributed by atoms with Gasteiger partial charge in [0.1, 0.15) is 0 Å². The van der Waals surface area contributed by atoms with Gasteiger partial charge in [0.2, 0.25) is 0 Å². The molecule has 0 aliphatic heterocycles. The van der Waals surface area contributed by atoms with Gasteiger partial charge in [-0.1, -0.05) is 12.2 Å². The molecule has 0 atom stereocenters. The van der Waals surface area contributed by atoms with Gasteiger partial charge in [0.15, 0.2) is 0 Å². The summed E-state index contributed by atoms with van der Waals surface area (Å²) in [6, 6.07) is 1.05. The van der Waals surface area contributed by atoms with Crippen molar-refractivity contribution in [3.63, 3.8) is 0 Å². The molecule has 0 spiro atoms. The predicted molar refractivity (Wildman–Crippen MR) is 57.1 cm³/mol. The second-order valence-electron chi connectivity index (χ2n) is 3.06. The Kier molecular flexibility index (Phi) is 3.78. The molecule has 0 saturated carbocycles. The van der Waals surface area contributed by atoms with Crippen molar-refractivity contribution in [3.8, 4) is 0 Å². The van der Waals surface area contributed by atoms with E-state index in [0.29, 0.717) is 18.2 Å². The molecule has 0 aliphatic carbocycles. The number of thiocarbonyl (C=S) groups is 1. The first-order chi connectivity index (χ1) is 7.53. The van der Waals surface area contributed by atoms with Crippen LogP contribution >= 0.6 is 24.8 Å². The van der Waals surface area contributed by atoms with E-state index in [0.717, 1.165) is 0 Å². The highest BCUT2D eigenvalue weighted by Crippen LogP contribution is 2.37. The van der Waals surface area contributed by atoms with Crippen molar-refractivity contribution in [1.82, 2.24) is 0 Å². The molecule has 0 aromatic heterocycles. The third kappa shape index (κ3) is 3.35. The zero-order valence-electron chi connectivity index (χ0n) is 7.86. The first kappa shape index (κ1) is 14.3. The van der Waals surface area contributed by atoms with E-state index in [9.17, 15) is 26.3 Å². The van der Waals surface area contributed by atoms with Crippen LogP contribution in [0.5, 0.6) is 0 Å². The molecule has 0 unspecified atom stereocenters. The molecular weight excluding hydrogens is 286 g/mol. The zero-order chi connectivity index (χ0) is 13.4. The van der Waals surface area contributed by atoms with Crippen LogP contribution in [0, 0.1) is 0 Å². The van der Waals surface area contributed by atoms with Gasteiger partial charge in [0, 0.05) is 5.56 Å². The summed E-state index contributed by atoms with van der Waals surface area (Å²) in [7, 11) is 0. The predicted octanol–water partition coefficient (Wildman–Crippen LogP) is 4.33. The summed E-state index contributed by atoms with van der Waals surface area (Å²) < 4.78 is 73.8. The minimum Gasteiger partial charge on any atom is -0.166 e. The highest BCUT2D eigenvalue weighted by atomic mass is 32.1. The quantitative estimate of drug-likeness (QED) is 0.456. The smallest absolute Gasteiger partial charge is 0.166 e. The van der Waals surface area contributed by atoms with Crippen molar-refractivity contribution in [2.45, 2.75) is 12.4 Å². The van der Waals surface area contributed by atoms with E-state index in [-0.39, 0.29) is 0 Å². The minimum absolute atomic E-state index is 0.345. The number of hydrogen-bond donors (Lipinski definition) is 1. The molecule has 94 valence electrons. The van der Waals surface area contributed by atoms with Crippen LogP contribution in [0.1, 0.15) is 16.7 Å². The van der Waals surface area contributed by atoms with Crippen LogP contribution in [-0.2, 0) is 12.4 Å². The normalized spacial score (nSPS) is 12.6. The van der Waals surface area contributed by atoms with Crippen LogP contribution in [0.15, 0.2) is 18.2 Å². The van der Waals surface area contributed by atoms with Gasteiger partial charge >= 0.3 is 12.4 Å². The third-order valence-corrected chi connectivity index (χ3v) is 2.34. The Balaban J connectivity index is 3.43. The van der Waals surface area contributed by atoms with E-state index in [1.54, 1.807) is 0 Å². The van der Waals surface area contributed by atoms with Crippen molar-refractivity contribution in [1.29, 1.82) is 0 Å². The van der Waals surface area contributed by atoms with Crippen molar-refractivity contribution < 1.29 is 26.3 Å². The Bertz CT molecular complexity index is 446. The lowest BCUT2D eigenvalue weighted by Gasteiger charge is -2.14.